The number of amides is 1. The van der Waals surface area contributed by atoms with Crippen molar-refractivity contribution >= 4 is 17.7 Å². The van der Waals surface area contributed by atoms with Crippen molar-refractivity contribution in [1.82, 2.24) is 25.1 Å². The van der Waals surface area contributed by atoms with Crippen molar-refractivity contribution in [3.63, 3.8) is 0 Å². The minimum Gasteiger partial charge on any atom is -0.349 e. The molecule has 2 aromatic rings. The van der Waals surface area contributed by atoms with Gasteiger partial charge in [-0.25, -0.2) is 0 Å². The van der Waals surface area contributed by atoms with E-state index in [1.54, 1.807) is 35.4 Å². The second kappa shape index (κ2) is 7.40. The third kappa shape index (κ3) is 3.85. The van der Waals surface area contributed by atoms with Crippen LogP contribution in [0.2, 0.25) is 0 Å². The zero-order chi connectivity index (χ0) is 16.1. The van der Waals surface area contributed by atoms with Crippen LogP contribution in [-0.4, -0.2) is 50.9 Å². The highest BCUT2D eigenvalue weighted by molar-refractivity contribution is 7.99. The highest BCUT2D eigenvalue weighted by Gasteiger charge is 2.13. The van der Waals surface area contributed by atoms with Gasteiger partial charge in [-0.15, -0.1) is 5.10 Å². The van der Waals surface area contributed by atoms with Crippen LogP contribution in [0.4, 0.5) is 0 Å². The number of carbonyl (C=O) groups is 1. The molecule has 0 N–H and O–H groups in total. The molecule has 1 amide bonds. The second-order valence-electron chi connectivity index (χ2n) is 5.35. The number of thioether (sulfide) groups is 1. The van der Waals surface area contributed by atoms with Gasteiger partial charge in [-0.05, 0) is 41.8 Å². The molecule has 7 heteroatoms. The first-order valence-electron chi connectivity index (χ1n) is 7.18. The third-order valence-corrected chi connectivity index (χ3v) is 4.36. The Morgan fingerprint density at radius 1 is 1.27 bits per heavy atom. The minimum absolute atomic E-state index is 0.148. The van der Waals surface area contributed by atoms with Gasteiger partial charge in [-0.1, -0.05) is 30.0 Å². The van der Waals surface area contributed by atoms with Gasteiger partial charge < -0.3 is 4.90 Å². The van der Waals surface area contributed by atoms with E-state index in [2.05, 4.69) is 15.5 Å². The van der Waals surface area contributed by atoms with Crippen molar-refractivity contribution in [3.8, 4) is 5.69 Å². The van der Waals surface area contributed by atoms with Crippen molar-refractivity contribution in [1.29, 1.82) is 0 Å². The molecule has 22 heavy (non-hydrogen) atoms. The Balaban J connectivity index is 2.03. The molecule has 0 radical (unpaired) electrons. The van der Waals surface area contributed by atoms with Gasteiger partial charge in [-0.2, -0.15) is 4.68 Å². The molecule has 1 heterocycles. The standard InChI is InChI=1S/C15H21N5OS/c1-11-7-5-8-12(2)14(11)20-15(16-17-18-20)22-10-6-9-13(21)19(3)4/h5,7-8H,6,9-10H2,1-4H3. The Hall–Kier alpha value is -1.89. The average molecular weight is 319 g/mol. The maximum Gasteiger partial charge on any atom is 0.222 e. The van der Waals surface area contributed by atoms with Crippen molar-refractivity contribution in [2.24, 2.45) is 0 Å². The van der Waals surface area contributed by atoms with Gasteiger partial charge in [0.2, 0.25) is 11.1 Å². The van der Waals surface area contributed by atoms with Crippen molar-refractivity contribution in [2.75, 3.05) is 19.8 Å². The van der Waals surface area contributed by atoms with Gasteiger partial charge in [0.15, 0.2) is 0 Å². The second-order valence-corrected chi connectivity index (χ2v) is 6.42. The zero-order valence-corrected chi connectivity index (χ0v) is 14.2. The molecule has 118 valence electrons. The number of aryl methyl sites for hydroxylation is 2. The smallest absolute Gasteiger partial charge is 0.222 e. The summed E-state index contributed by atoms with van der Waals surface area (Å²) < 4.78 is 1.78. The average Bonchev–Trinajstić information content (AvgIpc) is 2.91. The van der Waals surface area contributed by atoms with Crippen LogP contribution in [-0.2, 0) is 4.79 Å². The number of tetrazole rings is 1. The molecule has 1 aromatic heterocycles. The molecule has 0 spiro atoms. The molecule has 0 fully saturated rings. The van der Waals surface area contributed by atoms with E-state index in [0.717, 1.165) is 34.1 Å². The molecular weight excluding hydrogens is 298 g/mol. The van der Waals surface area contributed by atoms with Crippen LogP contribution in [0.5, 0.6) is 0 Å². The molecule has 0 aliphatic carbocycles. The Morgan fingerprint density at radius 3 is 2.59 bits per heavy atom. The molecule has 0 aliphatic rings. The van der Waals surface area contributed by atoms with Gasteiger partial charge in [0, 0.05) is 26.3 Å². The van der Waals surface area contributed by atoms with E-state index >= 15 is 0 Å². The van der Waals surface area contributed by atoms with E-state index in [0.29, 0.717) is 6.42 Å². The van der Waals surface area contributed by atoms with Crippen LogP contribution < -0.4 is 0 Å². The first-order valence-corrected chi connectivity index (χ1v) is 8.17. The summed E-state index contributed by atoms with van der Waals surface area (Å²) in [6, 6.07) is 6.13. The summed E-state index contributed by atoms with van der Waals surface area (Å²) in [6.07, 6.45) is 1.35. The number of rotatable bonds is 6. The summed E-state index contributed by atoms with van der Waals surface area (Å²) >= 11 is 1.58. The lowest BCUT2D eigenvalue weighted by molar-refractivity contribution is -0.128. The van der Waals surface area contributed by atoms with Crippen molar-refractivity contribution in [3.05, 3.63) is 29.3 Å². The first-order chi connectivity index (χ1) is 10.5. The predicted octanol–water partition coefficient (Wildman–Crippen LogP) is 2.24. The Bertz CT molecular complexity index is 633. The Morgan fingerprint density at radius 2 is 1.95 bits per heavy atom. The van der Waals surface area contributed by atoms with E-state index in [9.17, 15) is 4.79 Å². The number of aromatic nitrogens is 4. The Kier molecular flexibility index (Phi) is 5.54. The van der Waals surface area contributed by atoms with Crippen LogP contribution >= 0.6 is 11.8 Å². The third-order valence-electron chi connectivity index (χ3n) is 3.36. The molecule has 0 saturated heterocycles. The fourth-order valence-corrected chi connectivity index (χ4v) is 2.98. The maximum absolute atomic E-state index is 11.6. The van der Waals surface area contributed by atoms with Gasteiger partial charge in [0.25, 0.3) is 0 Å². The van der Waals surface area contributed by atoms with Crippen molar-refractivity contribution in [2.45, 2.75) is 31.8 Å². The van der Waals surface area contributed by atoms with Gasteiger partial charge in [0.05, 0.1) is 5.69 Å². The van der Waals surface area contributed by atoms with Gasteiger partial charge in [0.1, 0.15) is 0 Å². The predicted molar refractivity (Wildman–Crippen MR) is 87.3 cm³/mol. The highest BCUT2D eigenvalue weighted by atomic mass is 32.2. The van der Waals surface area contributed by atoms with Gasteiger partial charge >= 0.3 is 0 Å². The summed E-state index contributed by atoms with van der Waals surface area (Å²) in [5, 5.41) is 12.8. The van der Waals surface area contributed by atoms with E-state index in [4.69, 9.17) is 0 Å². The summed E-state index contributed by atoms with van der Waals surface area (Å²) in [7, 11) is 3.55. The fraction of sp³-hybridized carbons (Fsp3) is 0.467. The van der Waals surface area contributed by atoms with Crippen LogP contribution in [0, 0.1) is 13.8 Å². The summed E-state index contributed by atoms with van der Waals surface area (Å²) in [5.41, 5.74) is 3.30. The monoisotopic (exact) mass is 319 g/mol. The molecule has 1 aromatic carbocycles. The molecule has 6 nitrogen and oxygen atoms in total. The molecule has 0 aliphatic heterocycles. The normalized spacial score (nSPS) is 10.7. The number of para-hydroxylation sites is 1. The maximum atomic E-state index is 11.6. The quantitative estimate of drug-likeness (QED) is 0.603. The van der Waals surface area contributed by atoms with E-state index in [1.165, 1.54) is 0 Å². The first kappa shape index (κ1) is 16.5. The number of carbonyl (C=O) groups excluding carboxylic acids is 1. The van der Waals surface area contributed by atoms with Gasteiger partial charge in [-0.3, -0.25) is 4.79 Å². The number of hydrogen-bond acceptors (Lipinski definition) is 5. The lowest BCUT2D eigenvalue weighted by atomic mass is 10.1. The van der Waals surface area contributed by atoms with E-state index in [-0.39, 0.29) is 5.91 Å². The lowest BCUT2D eigenvalue weighted by Gasteiger charge is -2.11. The van der Waals surface area contributed by atoms with Crippen LogP contribution in [0.25, 0.3) is 5.69 Å². The molecule has 0 atom stereocenters. The fourth-order valence-electron chi connectivity index (χ4n) is 2.16. The summed E-state index contributed by atoms with van der Waals surface area (Å²) in [4.78, 5) is 13.2. The highest BCUT2D eigenvalue weighted by Crippen LogP contribution is 2.23. The van der Waals surface area contributed by atoms with E-state index in [1.807, 2.05) is 32.0 Å². The molecule has 0 bridgehead atoms. The Labute approximate surface area is 134 Å². The minimum atomic E-state index is 0.148. The summed E-state index contributed by atoms with van der Waals surface area (Å²) in [6.45, 7) is 4.10. The number of hydrogen-bond donors (Lipinski definition) is 0. The van der Waals surface area contributed by atoms with Crippen LogP contribution in [0.15, 0.2) is 23.4 Å². The zero-order valence-electron chi connectivity index (χ0n) is 13.4. The molecule has 0 saturated carbocycles. The molecule has 0 unspecified atom stereocenters. The molecular formula is C15H21N5OS. The summed E-state index contributed by atoms with van der Waals surface area (Å²) in [5.74, 6) is 0.958. The SMILES string of the molecule is Cc1cccc(C)c1-n1nnnc1SCCCC(=O)N(C)C. The van der Waals surface area contributed by atoms with Crippen molar-refractivity contribution < 1.29 is 4.79 Å². The van der Waals surface area contributed by atoms with E-state index < -0.39 is 0 Å². The number of benzene rings is 1. The molecule has 2 rings (SSSR count). The van der Waals surface area contributed by atoms with Crippen LogP contribution in [0.1, 0.15) is 24.0 Å². The number of nitrogens with zero attached hydrogens (tertiary/aromatic N) is 5. The topological polar surface area (TPSA) is 63.9 Å². The van der Waals surface area contributed by atoms with Crippen LogP contribution in [0.3, 0.4) is 0 Å². The lowest BCUT2D eigenvalue weighted by Crippen LogP contribution is -2.21. The largest absolute Gasteiger partial charge is 0.349 e.